The van der Waals surface area contributed by atoms with E-state index in [-0.39, 0.29) is 17.6 Å². The third-order valence-electron chi connectivity index (χ3n) is 3.55. The molecule has 0 atom stereocenters. The number of carbonyl (C=O) groups excluding carboxylic acids is 1. The fourth-order valence-electron chi connectivity index (χ4n) is 2.30. The summed E-state index contributed by atoms with van der Waals surface area (Å²) in [5.74, 6) is 1.44. The van der Waals surface area contributed by atoms with Crippen molar-refractivity contribution in [2.45, 2.75) is 11.6 Å². The zero-order valence-electron chi connectivity index (χ0n) is 14.3. The summed E-state index contributed by atoms with van der Waals surface area (Å²) in [4.78, 5) is 27.3. The summed E-state index contributed by atoms with van der Waals surface area (Å²) in [7, 11) is 3.15. The highest BCUT2D eigenvalue weighted by Crippen LogP contribution is 2.27. The van der Waals surface area contributed by atoms with Crippen molar-refractivity contribution in [1.29, 1.82) is 0 Å². The summed E-state index contributed by atoms with van der Waals surface area (Å²) in [6.45, 7) is 0.380. The monoisotopic (exact) mass is 374 g/mol. The van der Waals surface area contributed by atoms with Crippen molar-refractivity contribution < 1.29 is 14.3 Å². The van der Waals surface area contributed by atoms with Gasteiger partial charge in [0.25, 0.3) is 0 Å². The predicted octanol–water partition coefficient (Wildman–Crippen LogP) is 1.36. The number of carbonyl (C=O) groups is 1. The second kappa shape index (κ2) is 7.91. The summed E-state index contributed by atoms with van der Waals surface area (Å²) >= 11 is 1.27. The molecule has 0 unspecified atom stereocenters. The molecule has 0 fully saturated rings. The van der Waals surface area contributed by atoms with E-state index in [1.807, 2.05) is 12.1 Å². The number of hydrogen-bond acceptors (Lipinski definition) is 8. The van der Waals surface area contributed by atoms with Crippen LogP contribution in [0.1, 0.15) is 5.56 Å². The van der Waals surface area contributed by atoms with Crippen LogP contribution >= 0.6 is 11.8 Å². The first-order valence-corrected chi connectivity index (χ1v) is 8.66. The summed E-state index contributed by atoms with van der Waals surface area (Å²) < 4.78 is 10.5. The molecular weight excluding hydrogens is 356 g/mol. The molecule has 9 nitrogen and oxygen atoms in total. The molecule has 0 aliphatic heterocycles. The fraction of sp³-hybridized carbons (Fsp3) is 0.250. The average Bonchev–Trinajstić information content (AvgIpc) is 3.12. The number of thioether (sulfide) groups is 1. The van der Waals surface area contributed by atoms with E-state index in [0.29, 0.717) is 34.2 Å². The van der Waals surface area contributed by atoms with Crippen LogP contribution in [-0.4, -0.2) is 45.8 Å². The van der Waals surface area contributed by atoms with Gasteiger partial charge in [-0.05, 0) is 17.7 Å². The van der Waals surface area contributed by atoms with Crippen molar-refractivity contribution in [3.63, 3.8) is 0 Å². The lowest BCUT2D eigenvalue weighted by Gasteiger charge is -2.10. The van der Waals surface area contributed by atoms with E-state index in [2.05, 4.69) is 25.3 Å². The number of methoxy groups -OCH3 is 2. The Balaban J connectivity index is 1.58. The first kappa shape index (κ1) is 17.8. The lowest BCUT2D eigenvalue weighted by molar-refractivity contribution is -0.118. The summed E-state index contributed by atoms with van der Waals surface area (Å²) in [5, 5.41) is 3.45. The average molecular weight is 374 g/mol. The smallest absolute Gasteiger partial charge is 0.230 e. The van der Waals surface area contributed by atoms with Gasteiger partial charge in [-0.3, -0.25) is 4.79 Å². The van der Waals surface area contributed by atoms with Gasteiger partial charge in [0.05, 0.1) is 26.3 Å². The Labute approximate surface area is 153 Å². The number of nitrogens with zero attached hydrogens (tertiary/aromatic N) is 3. The molecule has 0 aliphatic rings. The fourth-order valence-corrected chi connectivity index (χ4v) is 3.13. The van der Waals surface area contributed by atoms with Crippen molar-refractivity contribution >= 4 is 34.8 Å². The number of anilines is 1. The maximum absolute atomic E-state index is 12.1. The van der Waals surface area contributed by atoms with Crippen molar-refractivity contribution in [3.05, 3.63) is 30.1 Å². The molecule has 10 heteroatoms. The number of imidazole rings is 1. The van der Waals surface area contributed by atoms with Gasteiger partial charge in [0.15, 0.2) is 17.1 Å². The van der Waals surface area contributed by atoms with Gasteiger partial charge in [-0.1, -0.05) is 17.8 Å². The lowest BCUT2D eigenvalue weighted by Crippen LogP contribution is -2.24. The number of nitrogen functional groups attached to an aromatic ring is 1. The van der Waals surface area contributed by atoms with Gasteiger partial charge in [0, 0.05) is 6.54 Å². The molecule has 0 bridgehead atoms. The third-order valence-corrected chi connectivity index (χ3v) is 4.52. The van der Waals surface area contributed by atoms with E-state index in [1.54, 1.807) is 20.3 Å². The van der Waals surface area contributed by atoms with Gasteiger partial charge >= 0.3 is 0 Å². The number of ether oxygens (including phenoxy) is 2. The maximum atomic E-state index is 12.1. The van der Waals surface area contributed by atoms with Crippen molar-refractivity contribution in [2.75, 3.05) is 25.7 Å². The molecule has 1 aromatic carbocycles. The van der Waals surface area contributed by atoms with Crippen LogP contribution in [0.25, 0.3) is 11.2 Å². The zero-order chi connectivity index (χ0) is 18.5. The number of fused-ring (bicyclic) bond motifs is 1. The van der Waals surface area contributed by atoms with E-state index in [9.17, 15) is 4.79 Å². The number of rotatable bonds is 7. The van der Waals surface area contributed by atoms with Crippen molar-refractivity contribution in [1.82, 2.24) is 25.3 Å². The number of nitrogens with one attached hydrogen (secondary N) is 2. The highest BCUT2D eigenvalue weighted by atomic mass is 32.2. The van der Waals surface area contributed by atoms with Gasteiger partial charge in [-0.15, -0.1) is 0 Å². The molecule has 3 aromatic rings. The number of nitrogens with two attached hydrogens (primary N) is 1. The molecule has 3 rings (SSSR count). The molecule has 136 valence electrons. The second-order valence-electron chi connectivity index (χ2n) is 5.24. The molecule has 1 amide bonds. The second-order valence-corrected chi connectivity index (χ2v) is 6.21. The highest BCUT2D eigenvalue weighted by Gasteiger charge is 2.12. The van der Waals surface area contributed by atoms with E-state index >= 15 is 0 Å². The molecule has 0 saturated carbocycles. The maximum Gasteiger partial charge on any atom is 0.230 e. The van der Waals surface area contributed by atoms with Gasteiger partial charge < -0.3 is 25.5 Å². The van der Waals surface area contributed by atoms with Crippen LogP contribution in [0.2, 0.25) is 0 Å². The van der Waals surface area contributed by atoms with Gasteiger partial charge in [-0.25, -0.2) is 9.97 Å². The summed E-state index contributed by atoms with van der Waals surface area (Å²) in [6.07, 6.45) is 1.51. The SMILES string of the molecule is COc1ccc(CNC(=O)CSc2nc(N)nc3nc[nH]c23)cc1OC. The highest BCUT2D eigenvalue weighted by molar-refractivity contribution is 8.00. The molecule has 4 N–H and O–H groups in total. The normalized spacial score (nSPS) is 10.7. The summed E-state index contributed by atoms with van der Waals surface area (Å²) in [6, 6.07) is 5.49. The number of aromatic nitrogens is 4. The quantitative estimate of drug-likeness (QED) is 0.418. The molecule has 0 radical (unpaired) electrons. The Morgan fingerprint density at radius 3 is 2.85 bits per heavy atom. The van der Waals surface area contributed by atoms with Crippen LogP contribution in [0, 0.1) is 0 Å². The van der Waals surface area contributed by atoms with Crippen LogP contribution in [0.3, 0.4) is 0 Å². The van der Waals surface area contributed by atoms with Crippen LogP contribution < -0.4 is 20.5 Å². The topological polar surface area (TPSA) is 128 Å². The Morgan fingerprint density at radius 2 is 2.08 bits per heavy atom. The number of H-pyrrole nitrogens is 1. The molecule has 0 saturated heterocycles. The standard InChI is InChI=1S/C16H18N6O3S/c1-24-10-4-3-9(5-11(10)25-2)6-18-12(23)7-26-15-13-14(20-8-19-13)21-16(17)22-15/h3-5,8H,6-7H2,1-2H3,(H,18,23)(H3,17,19,20,21,22). The van der Waals surface area contributed by atoms with Crippen LogP contribution in [0.15, 0.2) is 29.6 Å². The summed E-state index contributed by atoms with van der Waals surface area (Å²) in [5.41, 5.74) is 7.71. The Hall–Kier alpha value is -3.01. The number of amides is 1. The minimum absolute atomic E-state index is 0.123. The van der Waals surface area contributed by atoms with E-state index in [0.717, 1.165) is 5.56 Å². The van der Waals surface area contributed by atoms with Crippen LogP contribution in [0.4, 0.5) is 5.95 Å². The van der Waals surface area contributed by atoms with Crippen molar-refractivity contribution in [3.8, 4) is 11.5 Å². The molecule has 26 heavy (non-hydrogen) atoms. The first-order chi connectivity index (χ1) is 12.6. The lowest BCUT2D eigenvalue weighted by atomic mass is 10.2. The minimum Gasteiger partial charge on any atom is -0.493 e. The predicted molar refractivity (Wildman–Crippen MR) is 98.2 cm³/mol. The molecule has 0 spiro atoms. The minimum atomic E-state index is -0.130. The van der Waals surface area contributed by atoms with Crippen LogP contribution in [-0.2, 0) is 11.3 Å². The molecular formula is C16H18N6O3S. The largest absolute Gasteiger partial charge is 0.493 e. The molecule has 2 aromatic heterocycles. The van der Waals surface area contributed by atoms with Crippen LogP contribution in [0.5, 0.6) is 11.5 Å². The van der Waals surface area contributed by atoms with E-state index < -0.39 is 0 Å². The number of benzene rings is 1. The Bertz CT molecular complexity index is 929. The van der Waals surface area contributed by atoms with Gasteiger partial charge in [-0.2, -0.15) is 4.98 Å². The van der Waals surface area contributed by atoms with Crippen molar-refractivity contribution in [2.24, 2.45) is 0 Å². The van der Waals surface area contributed by atoms with Gasteiger partial charge in [0.2, 0.25) is 11.9 Å². The van der Waals surface area contributed by atoms with E-state index in [4.69, 9.17) is 15.2 Å². The Morgan fingerprint density at radius 1 is 1.27 bits per heavy atom. The van der Waals surface area contributed by atoms with Gasteiger partial charge in [0.1, 0.15) is 10.5 Å². The van der Waals surface area contributed by atoms with E-state index in [1.165, 1.54) is 18.1 Å². The number of hydrogen-bond donors (Lipinski definition) is 3. The third kappa shape index (κ3) is 3.97. The molecule has 0 aliphatic carbocycles. The zero-order valence-corrected chi connectivity index (χ0v) is 15.1. The Kier molecular flexibility index (Phi) is 5.42. The molecule has 2 heterocycles. The first-order valence-electron chi connectivity index (χ1n) is 7.67. The number of aromatic amines is 1.